The molecule has 0 saturated heterocycles. The summed E-state index contributed by atoms with van der Waals surface area (Å²) < 4.78 is 2.43. The molecule has 4 aromatic rings. The Morgan fingerprint density at radius 2 is 1.57 bits per heavy atom. The van der Waals surface area contributed by atoms with Crippen LogP contribution in [0.5, 0.6) is 0 Å². The highest BCUT2D eigenvalue weighted by molar-refractivity contribution is 7.13. The van der Waals surface area contributed by atoms with Gasteiger partial charge in [0.1, 0.15) is 11.4 Å². The van der Waals surface area contributed by atoms with Crippen molar-refractivity contribution in [1.82, 2.24) is 0 Å². The number of anilines is 1. The number of rotatable bonds is 3. The highest BCUT2D eigenvalue weighted by Crippen LogP contribution is 2.45. The highest BCUT2D eigenvalue weighted by Gasteiger charge is 2.41. The van der Waals surface area contributed by atoms with Gasteiger partial charge < -0.3 is 17.0 Å². The molecule has 0 amide bonds. The monoisotopic (exact) mass is 580 g/mol. The van der Waals surface area contributed by atoms with E-state index in [1.54, 1.807) is 11.3 Å². The molecule has 1 unspecified atom stereocenters. The van der Waals surface area contributed by atoms with Crippen LogP contribution in [0.3, 0.4) is 0 Å². The summed E-state index contributed by atoms with van der Waals surface area (Å²) in [5, 5.41) is 8.75. The summed E-state index contributed by atoms with van der Waals surface area (Å²) in [6.45, 7) is 0. The average molecular weight is 582 g/mol. The van der Waals surface area contributed by atoms with Crippen LogP contribution in [0.4, 0.5) is 5.13 Å². The number of aromatic nitrogens is 1. The SMILES string of the molecule is Clc1ccccc1/C=C1\CCCC2=C1Nc1scc(-c3ccccc3)[n+]1C2c1ccccc1Cl.[Br-]. The van der Waals surface area contributed by atoms with Crippen molar-refractivity contribution in [2.75, 3.05) is 5.32 Å². The number of thiazole rings is 1. The van der Waals surface area contributed by atoms with E-state index < -0.39 is 0 Å². The minimum Gasteiger partial charge on any atom is -1.00 e. The molecule has 0 fully saturated rings. The molecule has 6 rings (SSSR count). The first kappa shape index (κ1) is 24.3. The molecule has 6 heteroatoms. The maximum atomic E-state index is 6.82. The van der Waals surface area contributed by atoms with Crippen LogP contribution in [0, 0.1) is 0 Å². The first-order valence-corrected chi connectivity index (χ1v) is 13.1. The van der Waals surface area contributed by atoms with E-state index in [1.807, 2.05) is 30.3 Å². The molecule has 1 N–H and O–H groups in total. The Hall–Kier alpha value is -2.37. The summed E-state index contributed by atoms with van der Waals surface area (Å²) in [5.41, 5.74) is 8.50. The smallest absolute Gasteiger partial charge is 0.340 e. The van der Waals surface area contributed by atoms with Crippen LogP contribution >= 0.6 is 34.5 Å². The average Bonchev–Trinajstić information content (AvgIpc) is 3.29. The van der Waals surface area contributed by atoms with Crippen LogP contribution in [0.1, 0.15) is 36.4 Å². The van der Waals surface area contributed by atoms with Gasteiger partial charge in [0.25, 0.3) is 0 Å². The van der Waals surface area contributed by atoms with Crippen molar-refractivity contribution < 1.29 is 21.5 Å². The number of halogens is 3. The van der Waals surface area contributed by atoms with Crippen LogP contribution in [0.25, 0.3) is 17.3 Å². The number of fused-ring (bicyclic) bond motifs is 1. The zero-order chi connectivity index (χ0) is 23.1. The highest BCUT2D eigenvalue weighted by atomic mass is 79.9. The molecule has 176 valence electrons. The summed E-state index contributed by atoms with van der Waals surface area (Å²) >= 11 is 15.1. The fraction of sp³-hybridized carbons (Fsp3) is 0.138. The normalized spacial score (nSPS) is 17.9. The lowest BCUT2D eigenvalue weighted by Gasteiger charge is -2.31. The van der Waals surface area contributed by atoms with Gasteiger partial charge in [0, 0.05) is 32.1 Å². The van der Waals surface area contributed by atoms with Gasteiger partial charge in [-0.2, -0.15) is 0 Å². The van der Waals surface area contributed by atoms with Crippen LogP contribution in [0.15, 0.2) is 101 Å². The minimum atomic E-state index is 0. The Kier molecular flexibility index (Phi) is 7.17. The van der Waals surface area contributed by atoms with Crippen LogP contribution in [-0.2, 0) is 0 Å². The third kappa shape index (κ3) is 4.49. The maximum absolute atomic E-state index is 6.82. The molecule has 0 saturated carbocycles. The Morgan fingerprint density at radius 1 is 0.857 bits per heavy atom. The second kappa shape index (κ2) is 10.3. The molecule has 1 aromatic heterocycles. The number of nitrogens with zero attached hydrogens (tertiary/aromatic N) is 1. The Morgan fingerprint density at radius 3 is 2.34 bits per heavy atom. The van der Waals surface area contributed by atoms with E-state index in [0.29, 0.717) is 0 Å². The predicted molar refractivity (Wildman–Crippen MR) is 143 cm³/mol. The standard InChI is InChI=1S/C29H22Cl2N2S.BrH/c30-24-15-6-4-11-20(24)17-21-12-8-14-23-27(21)32-29-33(28(23)22-13-5-7-16-25(22)31)26(18-34-29)19-9-2-1-3-10-19;/h1-7,9-11,13,15-18,28H,8,12,14H2;1H/b21-17+;. The zero-order valence-corrected chi connectivity index (χ0v) is 22.8. The molecule has 0 radical (unpaired) electrons. The van der Waals surface area contributed by atoms with Crippen molar-refractivity contribution in [3.05, 3.63) is 122 Å². The number of benzene rings is 3. The van der Waals surface area contributed by atoms with E-state index in [4.69, 9.17) is 23.2 Å². The van der Waals surface area contributed by atoms with E-state index in [-0.39, 0.29) is 23.0 Å². The van der Waals surface area contributed by atoms with Crippen LogP contribution in [-0.4, -0.2) is 0 Å². The summed E-state index contributed by atoms with van der Waals surface area (Å²) in [4.78, 5) is 0. The Labute approximate surface area is 230 Å². The van der Waals surface area contributed by atoms with Gasteiger partial charge in [-0.1, -0.05) is 101 Å². The van der Waals surface area contributed by atoms with E-state index >= 15 is 0 Å². The second-order valence-corrected chi connectivity index (χ2v) is 10.3. The lowest BCUT2D eigenvalue weighted by Crippen LogP contribution is -3.00. The molecule has 2 heterocycles. The fourth-order valence-electron chi connectivity index (χ4n) is 5.07. The third-order valence-electron chi connectivity index (χ3n) is 6.62. The summed E-state index contributed by atoms with van der Waals surface area (Å²) in [6.07, 6.45) is 5.38. The van der Waals surface area contributed by atoms with Crippen LogP contribution < -0.4 is 26.9 Å². The van der Waals surface area contributed by atoms with Crippen molar-refractivity contribution in [2.24, 2.45) is 0 Å². The predicted octanol–water partition coefficient (Wildman–Crippen LogP) is 5.55. The van der Waals surface area contributed by atoms with E-state index in [2.05, 4.69) is 69.9 Å². The van der Waals surface area contributed by atoms with E-state index in [0.717, 1.165) is 45.6 Å². The topological polar surface area (TPSA) is 15.9 Å². The van der Waals surface area contributed by atoms with Crippen molar-refractivity contribution in [3.63, 3.8) is 0 Å². The molecule has 1 atom stereocenters. The Bertz CT molecular complexity index is 1440. The first-order chi connectivity index (χ1) is 16.7. The van der Waals surface area contributed by atoms with E-state index in [1.165, 1.54) is 28.1 Å². The zero-order valence-electron chi connectivity index (χ0n) is 18.8. The van der Waals surface area contributed by atoms with Crippen LogP contribution in [0.2, 0.25) is 10.0 Å². The molecular formula is C29H23BrCl2N2S. The van der Waals surface area contributed by atoms with Crippen molar-refractivity contribution in [1.29, 1.82) is 0 Å². The molecule has 1 aliphatic heterocycles. The van der Waals surface area contributed by atoms with Gasteiger partial charge in [-0.25, -0.2) is 9.88 Å². The fourth-order valence-corrected chi connectivity index (χ4v) is 6.45. The molecule has 0 bridgehead atoms. The first-order valence-electron chi connectivity index (χ1n) is 11.5. The number of nitrogens with one attached hydrogen (secondary N) is 1. The van der Waals surface area contributed by atoms with Gasteiger partial charge in [0.2, 0.25) is 0 Å². The van der Waals surface area contributed by atoms with Gasteiger partial charge in [0.05, 0.1) is 0 Å². The van der Waals surface area contributed by atoms with E-state index in [9.17, 15) is 0 Å². The molecule has 2 nitrogen and oxygen atoms in total. The summed E-state index contributed by atoms with van der Waals surface area (Å²) in [5.74, 6) is 0. The number of allylic oxidation sites excluding steroid dienone is 2. The molecule has 35 heavy (non-hydrogen) atoms. The summed E-state index contributed by atoms with van der Waals surface area (Å²) in [6, 6.07) is 26.9. The van der Waals surface area contributed by atoms with Gasteiger partial charge in [-0.05, 0) is 48.6 Å². The molecular weight excluding hydrogens is 559 g/mol. The lowest BCUT2D eigenvalue weighted by atomic mass is 9.83. The van der Waals surface area contributed by atoms with Gasteiger partial charge in [0.15, 0.2) is 6.04 Å². The molecule has 3 aromatic carbocycles. The van der Waals surface area contributed by atoms with Gasteiger partial charge in [-0.3, -0.25) is 0 Å². The van der Waals surface area contributed by atoms with Crippen molar-refractivity contribution >= 4 is 45.7 Å². The summed E-state index contributed by atoms with van der Waals surface area (Å²) in [7, 11) is 0. The van der Waals surface area contributed by atoms with Gasteiger partial charge in [-0.15, -0.1) is 0 Å². The number of hydrogen-bond acceptors (Lipinski definition) is 2. The molecule has 0 spiro atoms. The maximum Gasteiger partial charge on any atom is 0.340 e. The third-order valence-corrected chi connectivity index (χ3v) is 8.17. The Balaban J connectivity index is 0.00000253. The molecule has 2 aliphatic rings. The minimum absolute atomic E-state index is 0. The lowest BCUT2D eigenvalue weighted by molar-refractivity contribution is -0.679. The molecule has 1 aliphatic carbocycles. The van der Waals surface area contributed by atoms with Crippen molar-refractivity contribution in [3.8, 4) is 11.3 Å². The second-order valence-electron chi connectivity index (χ2n) is 8.66. The van der Waals surface area contributed by atoms with Gasteiger partial charge >= 0.3 is 5.13 Å². The quantitative estimate of drug-likeness (QED) is 0.314. The van der Waals surface area contributed by atoms with Crippen molar-refractivity contribution in [2.45, 2.75) is 25.3 Å². The number of hydrogen-bond donors (Lipinski definition) is 1. The largest absolute Gasteiger partial charge is 1.00 e.